The number of nitrogens with zero attached hydrogens (tertiary/aromatic N) is 2. The van der Waals surface area contributed by atoms with Crippen LogP contribution in [0.5, 0.6) is 0 Å². The fraction of sp³-hybridized carbons (Fsp3) is 0.294. The third-order valence-corrected chi connectivity index (χ3v) is 4.99. The van der Waals surface area contributed by atoms with Gasteiger partial charge in [-0.05, 0) is 66.3 Å². The summed E-state index contributed by atoms with van der Waals surface area (Å²) < 4.78 is 1.10. The van der Waals surface area contributed by atoms with Gasteiger partial charge in [0.05, 0.1) is 17.9 Å². The minimum Gasteiger partial charge on any atom is -0.398 e. The normalized spacial score (nSPS) is 17.2. The predicted molar refractivity (Wildman–Crippen MR) is 91.6 cm³/mol. The molecule has 21 heavy (non-hydrogen) atoms. The van der Waals surface area contributed by atoms with Crippen LogP contribution in [0.2, 0.25) is 0 Å². The molecule has 0 spiro atoms. The Hall–Kier alpha value is -1.68. The fourth-order valence-corrected chi connectivity index (χ4v) is 3.38. The van der Waals surface area contributed by atoms with Gasteiger partial charge >= 0.3 is 0 Å². The van der Waals surface area contributed by atoms with Crippen LogP contribution in [-0.4, -0.2) is 7.05 Å². The van der Waals surface area contributed by atoms with Crippen molar-refractivity contribution in [3.05, 3.63) is 52.0 Å². The van der Waals surface area contributed by atoms with E-state index in [-0.39, 0.29) is 0 Å². The Morgan fingerprint density at radius 1 is 1.14 bits per heavy atom. The molecule has 0 aromatic heterocycles. The maximum Gasteiger partial charge on any atom is 0.0667 e. The van der Waals surface area contributed by atoms with Crippen molar-refractivity contribution in [1.29, 1.82) is 0 Å². The maximum atomic E-state index is 6.25. The maximum absolute atomic E-state index is 6.25. The molecule has 108 valence electrons. The van der Waals surface area contributed by atoms with E-state index in [9.17, 15) is 0 Å². The molecule has 1 aliphatic heterocycles. The number of hydrazine groups is 1. The summed E-state index contributed by atoms with van der Waals surface area (Å²) >= 11 is 3.49. The average molecular weight is 344 g/mol. The molecule has 1 heterocycles. The number of fused-ring (bicyclic) bond motifs is 1. The Bertz CT molecular complexity index is 692. The number of benzene rings is 2. The lowest BCUT2D eigenvalue weighted by molar-refractivity contribution is 0.843. The molecule has 0 atom stereocenters. The first-order valence-electron chi connectivity index (χ1n) is 7.32. The van der Waals surface area contributed by atoms with E-state index in [1.54, 1.807) is 0 Å². The first kappa shape index (κ1) is 13.0. The van der Waals surface area contributed by atoms with Crippen LogP contribution in [0.3, 0.4) is 0 Å². The molecule has 4 heteroatoms. The molecule has 0 radical (unpaired) electrons. The standard InChI is InChI=1S/C17H18BrN3/c1-20-17-9-16(19)15(11-2-3-11)8-12(17)10-21(20)14-6-4-13(18)5-7-14/h4-9,11H,2-3,10,19H2,1H3. The van der Waals surface area contributed by atoms with Crippen LogP contribution in [0.15, 0.2) is 40.9 Å². The molecule has 3 nitrogen and oxygen atoms in total. The smallest absolute Gasteiger partial charge is 0.0667 e. The Balaban J connectivity index is 1.70. The molecule has 0 unspecified atom stereocenters. The molecule has 2 aromatic carbocycles. The summed E-state index contributed by atoms with van der Waals surface area (Å²) in [7, 11) is 2.10. The van der Waals surface area contributed by atoms with Crippen molar-refractivity contribution >= 4 is 33.0 Å². The molecule has 2 aliphatic rings. The molecule has 2 N–H and O–H groups in total. The molecule has 2 aromatic rings. The lowest BCUT2D eigenvalue weighted by Gasteiger charge is -2.28. The van der Waals surface area contributed by atoms with Gasteiger partial charge in [0.25, 0.3) is 0 Å². The minimum atomic E-state index is 0.697. The molecular weight excluding hydrogens is 326 g/mol. The highest BCUT2D eigenvalue weighted by molar-refractivity contribution is 9.10. The van der Waals surface area contributed by atoms with E-state index in [2.05, 4.69) is 69.4 Å². The van der Waals surface area contributed by atoms with E-state index in [1.165, 1.54) is 35.3 Å². The Labute approximate surface area is 133 Å². The monoisotopic (exact) mass is 343 g/mol. The zero-order chi connectivity index (χ0) is 14.6. The van der Waals surface area contributed by atoms with Gasteiger partial charge in [0.15, 0.2) is 0 Å². The van der Waals surface area contributed by atoms with Gasteiger partial charge in [-0.2, -0.15) is 0 Å². The average Bonchev–Trinajstić information content (AvgIpc) is 3.26. The number of nitrogens with two attached hydrogens (primary N) is 1. The van der Waals surface area contributed by atoms with Crippen LogP contribution in [0, 0.1) is 0 Å². The zero-order valence-electron chi connectivity index (χ0n) is 12.0. The summed E-state index contributed by atoms with van der Waals surface area (Å²) in [6.07, 6.45) is 2.57. The van der Waals surface area contributed by atoms with Crippen molar-refractivity contribution in [3.63, 3.8) is 0 Å². The van der Waals surface area contributed by atoms with Crippen molar-refractivity contribution in [2.24, 2.45) is 0 Å². The second-order valence-corrected chi connectivity index (χ2v) is 6.86. The van der Waals surface area contributed by atoms with Gasteiger partial charge in [0.1, 0.15) is 0 Å². The molecule has 1 saturated carbocycles. The molecule has 1 aliphatic carbocycles. The van der Waals surface area contributed by atoms with Gasteiger partial charge in [-0.3, -0.25) is 10.0 Å². The Morgan fingerprint density at radius 2 is 1.86 bits per heavy atom. The number of hydrogen-bond donors (Lipinski definition) is 1. The molecule has 0 bridgehead atoms. The second kappa shape index (κ2) is 4.67. The van der Waals surface area contributed by atoms with Crippen molar-refractivity contribution in [3.8, 4) is 0 Å². The van der Waals surface area contributed by atoms with Crippen molar-refractivity contribution < 1.29 is 0 Å². The first-order chi connectivity index (χ1) is 10.1. The topological polar surface area (TPSA) is 32.5 Å². The number of anilines is 3. The van der Waals surface area contributed by atoms with E-state index in [0.29, 0.717) is 5.92 Å². The Morgan fingerprint density at radius 3 is 2.52 bits per heavy atom. The van der Waals surface area contributed by atoms with Gasteiger partial charge in [-0.1, -0.05) is 15.9 Å². The second-order valence-electron chi connectivity index (χ2n) is 5.94. The van der Waals surface area contributed by atoms with Gasteiger partial charge in [0, 0.05) is 17.2 Å². The summed E-state index contributed by atoms with van der Waals surface area (Å²) in [6, 6.07) is 12.9. The van der Waals surface area contributed by atoms with Crippen LogP contribution in [-0.2, 0) is 6.54 Å². The lowest BCUT2D eigenvalue weighted by atomic mass is 10.0. The molecular formula is C17H18BrN3. The first-order valence-corrected chi connectivity index (χ1v) is 8.12. The largest absolute Gasteiger partial charge is 0.398 e. The van der Waals surface area contributed by atoms with E-state index in [4.69, 9.17) is 5.73 Å². The summed E-state index contributed by atoms with van der Waals surface area (Å²) in [5.74, 6) is 0.697. The minimum absolute atomic E-state index is 0.697. The van der Waals surface area contributed by atoms with Gasteiger partial charge < -0.3 is 5.73 Å². The van der Waals surface area contributed by atoms with Crippen molar-refractivity contribution in [2.45, 2.75) is 25.3 Å². The predicted octanol–water partition coefficient (Wildman–Crippen LogP) is 4.28. The van der Waals surface area contributed by atoms with Crippen LogP contribution < -0.4 is 15.8 Å². The summed E-state index contributed by atoms with van der Waals surface area (Å²) in [5.41, 5.74) is 12.3. The third kappa shape index (κ3) is 2.18. The van der Waals surface area contributed by atoms with Gasteiger partial charge in [0.2, 0.25) is 0 Å². The number of halogens is 1. The third-order valence-electron chi connectivity index (χ3n) is 4.46. The Kier molecular flexibility index (Phi) is 2.89. The van der Waals surface area contributed by atoms with Crippen molar-refractivity contribution in [1.82, 2.24) is 0 Å². The van der Waals surface area contributed by atoms with Gasteiger partial charge in [-0.25, -0.2) is 0 Å². The molecule has 0 amide bonds. The van der Waals surface area contributed by atoms with Crippen LogP contribution in [0.25, 0.3) is 0 Å². The van der Waals surface area contributed by atoms with Crippen LogP contribution >= 0.6 is 15.9 Å². The van der Waals surface area contributed by atoms with Crippen LogP contribution in [0.4, 0.5) is 17.1 Å². The summed E-state index contributed by atoms with van der Waals surface area (Å²) in [6.45, 7) is 0.910. The van der Waals surface area contributed by atoms with Crippen LogP contribution in [0.1, 0.15) is 29.9 Å². The van der Waals surface area contributed by atoms with E-state index in [1.807, 2.05) is 0 Å². The molecule has 4 rings (SSSR count). The van der Waals surface area contributed by atoms with E-state index >= 15 is 0 Å². The zero-order valence-corrected chi connectivity index (χ0v) is 13.6. The fourth-order valence-electron chi connectivity index (χ4n) is 3.12. The highest BCUT2D eigenvalue weighted by Gasteiger charge is 2.30. The van der Waals surface area contributed by atoms with E-state index in [0.717, 1.165) is 16.7 Å². The van der Waals surface area contributed by atoms with Crippen molar-refractivity contribution in [2.75, 3.05) is 22.8 Å². The molecule has 1 fully saturated rings. The lowest BCUT2D eigenvalue weighted by Crippen LogP contribution is -2.33. The van der Waals surface area contributed by atoms with E-state index < -0.39 is 0 Å². The highest BCUT2D eigenvalue weighted by Crippen LogP contribution is 2.46. The SMILES string of the molecule is CN1c2cc(N)c(C3CC3)cc2CN1c1ccc(Br)cc1. The summed E-state index contributed by atoms with van der Waals surface area (Å²) in [4.78, 5) is 0. The number of rotatable bonds is 2. The van der Waals surface area contributed by atoms with Gasteiger partial charge in [-0.15, -0.1) is 0 Å². The quantitative estimate of drug-likeness (QED) is 0.826. The molecule has 0 saturated heterocycles. The highest BCUT2D eigenvalue weighted by atomic mass is 79.9. The number of nitrogen functional groups attached to an aromatic ring is 1. The summed E-state index contributed by atoms with van der Waals surface area (Å²) in [5, 5.41) is 4.48. The number of hydrogen-bond acceptors (Lipinski definition) is 3.